The van der Waals surface area contributed by atoms with Gasteiger partial charge in [0.15, 0.2) is 5.78 Å². The molecule has 5 heteroatoms. The second-order valence-corrected chi connectivity index (χ2v) is 4.80. The SMILES string of the molecule is [C-]#[N+]CC1(NCC(=O)c2cccc(C(F)F)c2)CC1. The largest absolute Gasteiger partial charge is 0.315 e. The molecule has 2 rings (SSSR count). The second kappa shape index (κ2) is 5.45. The summed E-state index contributed by atoms with van der Waals surface area (Å²) in [7, 11) is 0. The van der Waals surface area contributed by atoms with Crippen molar-refractivity contribution in [3.63, 3.8) is 0 Å². The van der Waals surface area contributed by atoms with Crippen molar-refractivity contribution in [2.75, 3.05) is 13.1 Å². The molecule has 3 nitrogen and oxygen atoms in total. The van der Waals surface area contributed by atoms with E-state index in [1.54, 1.807) is 0 Å². The average molecular weight is 264 g/mol. The van der Waals surface area contributed by atoms with Gasteiger partial charge < -0.3 is 4.85 Å². The molecule has 0 saturated heterocycles. The molecule has 1 aromatic carbocycles. The minimum atomic E-state index is -2.57. The molecule has 1 fully saturated rings. The molecule has 0 amide bonds. The summed E-state index contributed by atoms with van der Waals surface area (Å²) in [4.78, 5) is 15.2. The van der Waals surface area contributed by atoms with E-state index in [1.807, 2.05) is 0 Å². The quantitative estimate of drug-likeness (QED) is 0.633. The molecule has 1 N–H and O–H groups in total. The van der Waals surface area contributed by atoms with Crippen molar-refractivity contribution in [1.29, 1.82) is 0 Å². The molecular formula is C14H14F2N2O. The van der Waals surface area contributed by atoms with Crippen LogP contribution in [0.2, 0.25) is 0 Å². The Kier molecular flexibility index (Phi) is 3.91. The second-order valence-electron chi connectivity index (χ2n) is 4.80. The predicted molar refractivity (Wildman–Crippen MR) is 67.2 cm³/mol. The summed E-state index contributed by atoms with van der Waals surface area (Å²) >= 11 is 0. The van der Waals surface area contributed by atoms with Crippen molar-refractivity contribution in [2.24, 2.45) is 0 Å². The highest BCUT2D eigenvalue weighted by molar-refractivity contribution is 5.97. The average Bonchev–Trinajstić information content (AvgIpc) is 3.17. The van der Waals surface area contributed by atoms with Crippen LogP contribution in [0.15, 0.2) is 24.3 Å². The lowest BCUT2D eigenvalue weighted by Crippen LogP contribution is -2.37. The van der Waals surface area contributed by atoms with Gasteiger partial charge in [0, 0.05) is 11.1 Å². The van der Waals surface area contributed by atoms with Crippen LogP contribution in [0.25, 0.3) is 4.85 Å². The molecule has 19 heavy (non-hydrogen) atoms. The van der Waals surface area contributed by atoms with E-state index < -0.39 is 6.43 Å². The van der Waals surface area contributed by atoms with Crippen LogP contribution in [-0.4, -0.2) is 24.4 Å². The van der Waals surface area contributed by atoms with E-state index in [0.29, 0.717) is 6.54 Å². The number of ketones is 1. The number of halogens is 2. The van der Waals surface area contributed by atoms with Crippen LogP contribution in [0.3, 0.4) is 0 Å². The highest BCUT2D eigenvalue weighted by Crippen LogP contribution is 2.35. The highest BCUT2D eigenvalue weighted by atomic mass is 19.3. The third-order valence-electron chi connectivity index (χ3n) is 3.32. The first-order valence-electron chi connectivity index (χ1n) is 6.06. The van der Waals surface area contributed by atoms with Crippen LogP contribution in [-0.2, 0) is 0 Å². The van der Waals surface area contributed by atoms with Crippen LogP contribution in [0.5, 0.6) is 0 Å². The maximum Gasteiger partial charge on any atom is 0.263 e. The monoisotopic (exact) mass is 264 g/mol. The van der Waals surface area contributed by atoms with Crippen molar-refractivity contribution >= 4 is 5.78 Å². The lowest BCUT2D eigenvalue weighted by Gasteiger charge is -2.11. The fourth-order valence-electron chi connectivity index (χ4n) is 1.91. The number of carbonyl (C=O) groups is 1. The first-order valence-corrected chi connectivity index (χ1v) is 6.06. The Morgan fingerprint density at radius 1 is 1.47 bits per heavy atom. The van der Waals surface area contributed by atoms with Crippen LogP contribution >= 0.6 is 0 Å². The molecular weight excluding hydrogens is 250 g/mol. The summed E-state index contributed by atoms with van der Waals surface area (Å²) in [5.41, 5.74) is -0.0883. The van der Waals surface area contributed by atoms with Crippen LogP contribution < -0.4 is 5.32 Å². The van der Waals surface area contributed by atoms with Gasteiger partial charge in [0.25, 0.3) is 6.43 Å². The van der Waals surface area contributed by atoms with Gasteiger partial charge in [-0.25, -0.2) is 15.4 Å². The van der Waals surface area contributed by atoms with E-state index in [2.05, 4.69) is 10.2 Å². The van der Waals surface area contributed by atoms with Crippen molar-refractivity contribution in [1.82, 2.24) is 5.32 Å². The van der Waals surface area contributed by atoms with Gasteiger partial charge in [0.2, 0.25) is 6.54 Å². The number of hydrogen-bond acceptors (Lipinski definition) is 2. The van der Waals surface area contributed by atoms with E-state index >= 15 is 0 Å². The standard InChI is InChI=1S/C14H14F2N2O/c1-17-9-14(5-6-14)18-8-12(19)10-3-2-4-11(7-10)13(15)16/h2-4,7,13,18H,5-6,8-9H2. The van der Waals surface area contributed by atoms with Gasteiger partial charge in [0.05, 0.1) is 12.1 Å². The van der Waals surface area contributed by atoms with Gasteiger partial charge in [-0.15, -0.1) is 0 Å². The van der Waals surface area contributed by atoms with Crippen LogP contribution in [0, 0.1) is 6.57 Å². The zero-order valence-electron chi connectivity index (χ0n) is 10.3. The summed E-state index contributed by atoms with van der Waals surface area (Å²) < 4.78 is 25.1. The van der Waals surface area contributed by atoms with Crippen LogP contribution in [0.1, 0.15) is 35.2 Å². The van der Waals surface area contributed by atoms with Crippen molar-refractivity contribution in [2.45, 2.75) is 24.8 Å². The molecule has 0 unspecified atom stereocenters. The van der Waals surface area contributed by atoms with E-state index in [9.17, 15) is 13.6 Å². The summed E-state index contributed by atoms with van der Waals surface area (Å²) in [6, 6.07) is 5.52. The van der Waals surface area contributed by atoms with Crippen molar-refractivity contribution in [3.05, 3.63) is 46.8 Å². The lowest BCUT2D eigenvalue weighted by atomic mass is 10.1. The number of carbonyl (C=O) groups excluding carboxylic acids is 1. The van der Waals surface area contributed by atoms with Gasteiger partial charge in [-0.2, -0.15) is 0 Å². The number of hydrogen-bond donors (Lipinski definition) is 1. The Hall–Kier alpha value is -1.80. The maximum absolute atomic E-state index is 12.5. The Balaban J connectivity index is 1.97. The number of rotatable bonds is 6. The minimum absolute atomic E-state index is 0.0855. The third-order valence-corrected chi connectivity index (χ3v) is 3.32. The molecule has 0 aromatic heterocycles. The molecule has 0 radical (unpaired) electrons. The van der Waals surface area contributed by atoms with Gasteiger partial charge in [-0.05, 0) is 18.9 Å². The van der Waals surface area contributed by atoms with Gasteiger partial charge in [0.1, 0.15) is 0 Å². The predicted octanol–water partition coefficient (Wildman–Crippen LogP) is 2.85. The van der Waals surface area contributed by atoms with E-state index in [0.717, 1.165) is 12.8 Å². The molecule has 1 saturated carbocycles. The molecule has 1 aliphatic rings. The smallest absolute Gasteiger partial charge is 0.263 e. The zero-order valence-corrected chi connectivity index (χ0v) is 10.3. The Labute approximate surface area is 110 Å². The maximum atomic E-state index is 12.5. The summed E-state index contributed by atoms with van der Waals surface area (Å²) in [6.07, 6.45) is -0.794. The molecule has 0 atom stereocenters. The topological polar surface area (TPSA) is 33.5 Å². The summed E-state index contributed by atoms with van der Waals surface area (Å²) in [5.74, 6) is -0.223. The lowest BCUT2D eigenvalue weighted by molar-refractivity contribution is 0.0986. The van der Waals surface area contributed by atoms with Gasteiger partial charge in [-0.3, -0.25) is 10.1 Å². The minimum Gasteiger partial charge on any atom is -0.315 e. The van der Waals surface area contributed by atoms with E-state index in [4.69, 9.17) is 6.57 Å². The van der Waals surface area contributed by atoms with Crippen molar-refractivity contribution < 1.29 is 13.6 Å². The van der Waals surface area contributed by atoms with E-state index in [-0.39, 0.29) is 29.0 Å². The fraction of sp³-hybridized carbons (Fsp3) is 0.429. The van der Waals surface area contributed by atoms with E-state index in [1.165, 1.54) is 24.3 Å². The molecule has 1 aromatic rings. The number of alkyl halides is 2. The molecule has 0 heterocycles. The van der Waals surface area contributed by atoms with Crippen molar-refractivity contribution in [3.8, 4) is 0 Å². The number of nitrogens with one attached hydrogen (secondary N) is 1. The third kappa shape index (κ3) is 3.36. The molecule has 0 aliphatic heterocycles. The summed E-state index contributed by atoms with van der Waals surface area (Å²) in [5, 5.41) is 3.07. The Morgan fingerprint density at radius 3 is 2.79 bits per heavy atom. The Morgan fingerprint density at radius 2 is 2.21 bits per heavy atom. The normalized spacial score (nSPS) is 16.1. The number of benzene rings is 1. The fourth-order valence-corrected chi connectivity index (χ4v) is 1.91. The van der Waals surface area contributed by atoms with Gasteiger partial charge in [-0.1, -0.05) is 18.2 Å². The zero-order chi connectivity index (χ0) is 13.9. The first kappa shape index (κ1) is 13.6. The van der Waals surface area contributed by atoms with Crippen LogP contribution in [0.4, 0.5) is 8.78 Å². The molecule has 0 bridgehead atoms. The van der Waals surface area contributed by atoms with Gasteiger partial charge >= 0.3 is 0 Å². The Bertz CT molecular complexity index is 518. The number of Topliss-reactive ketones (excluding diaryl/α,β-unsaturated/α-hetero) is 1. The first-order chi connectivity index (χ1) is 9.06. The molecule has 0 spiro atoms. The summed E-state index contributed by atoms with van der Waals surface area (Å²) in [6.45, 7) is 7.28. The molecule has 100 valence electrons. The molecule has 1 aliphatic carbocycles. The number of nitrogens with zero attached hydrogens (tertiary/aromatic N) is 1. The highest BCUT2D eigenvalue weighted by Gasteiger charge is 2.45.